The fourth-order valence-corrected chi connectivity index (χ4v) is 1.89. The lowest BCUT2D eigenvalue weighted by Gasteiger charge is -2.21. The molecule has 0 aliphatic carbocycles. The Labute approximate surface area is 117 Å². The topological polar surface area (TPSA) is 75.6 Å². The van der Waals surface area contributed by atoms with Gasteiger partial charge in [-0.3, -0.25) is 9.59 Å². The highest BCUT2D eigenvalue weighted by Gasteiger charge is 2.23. The Morgan fingerprint density at radius 1 is 1.30 bits per heavy atom. The third kappa shape index (κ3) is 2.99. The van der Waals surface area contributed by atoms with Crippen LogP contribution in [0.5, 0.6) is 5.75 Å². The largest absolute Gasteiger partial charge is 0.488 e. The zero-order valence-electron chi connectivity index (χ0n) is 11.4. The molecule has 0 aromatic heterocycles. The van der Waals surface area contributed by atoms with Crippen LogP contribution < -0.4 is 10.1 Å². The van der Waals surface area contributed by atoms with E-state index >= 15 is 0 Å². The molecule has 2 N–H and O–H groups in total. The van der Waals surface area contributed by atoms with E-state index in [1.165, 1.54) is 0 Å². The second-order valence-corrected chi connectivity index (χ2v) is 4.89. The van der Waals surface area contributed by atoms with E-state index in [0.717, 1.165) is 11.3 Å². The summed E-state index contributed by atoms with van der Waals surface area (Å²) in [4.78, 5) is 23.0. The van der Waals surface area contributed by atoms with E-state index < -0.39 is 17.9 Å². The first-order chi connectivity index (χ1) is 9.49. The summed E-state index contributed by atoms with van der Waals surface area (Å²) in [6.45, 7) is 3.43. The lowest BCUT2D eigenvalue weighted by molar-refractivity contribution is -0.142. The van der Waals surface area contributed by atoms with Crippen molar-refractivity contribution < 1.29 is 19.4 Å². The van der Waals surface area contributed by atoms with Crippen LogP contribution in [0.2, 0.25) is 0 Å². The minimum absolute atomic E-state index is 0.191. The summed E-state index contributed by atoms with van der Waals surface area (Å²) in [6, 6.07) is 7.00. The normalized spacial score (nSPS) is 16.2. The van der Waals surface area contributed by atoms with Gasteiger partial charge in [-0.05, 0) is 26.0 Å². The molecule has 1 heterocycles. The number of carbonyl (C=O) groups excluding carboxylic acids is 1. The molecule has 0 saturated heterocycles. The second-order valence-electron chi connectivity index (χ2n) is 4.89. The lowest BCUT2D eigenvalue weighted by Crippen LogP contribution is -2.41. The molecule has 0 fully saturated rings. The van der Waals surface area contributed by atoms with Gasteiger partial charge in [-0.25, -0.2) is 0 Å². The zero-order valence-corrected chi connectivity index (χ0v) is 11.4. The van der Waals surface area contributed by atoms with Crippen LogP contribution in [-0.2, 0) is 9.59 Å². The maximum atomic E-state index is 12.1. The van der Waals surface area contributed by atoms with Crippen molar-refractivity contribution in [2.24, 2.45) is 5.92 Å². The van der Waals surface area contributed by atoms with Gasteiger partial charge in [0.1, 0.15) is 12.4 Å². The minimum atomic E-state index is -0.933. The van der Waals surface area contributed by atoms with Crippen molar-refractivity contribution in [2.75, 3.05) is 6.61 Å². The third-order valence-corrected chi connectivity index (χ3v) is 3.42. The molecule has 1 aliphatic rings. The van der Waals surface area contributed by atoms with Gasteiger partial charge in [-0.15, -0.1) is 0 Å². The Hall–Kier alpha value is -2.30. The number of hydrogen-bond donors (Lipinski definition) is 2. The van der Waals surface area contributed by atoms with Crippen molar-refractivity contribution in [1.82, 2.24) is 5.32 Å². The van der Waals surface area contributed by atoms with Gasteiger partial charge in [-0.1, -0.05) is 18.2 Å². The highest BCUT2D eigenvalue weighted by molar-refractivity contribution is 5.99. The summed E-state index contributed by atoms with van der Waals surface area (Å²) < 4.78 is 5.50. The number of amides is 1. The van der Waals surface area contributed by atoms with Crippen molar-refractivity contribution in [3.05, 3.63) is 35.4 Å². The van der Waals surface area contributed by atoms with Gasteiger partial charge in [0.2, 0.25) is 0 Å². The molecule has 1 amide bonds. The van der Waals surface area contributed by atoms with Crippen molar-refractivity contribution in [3.63, 3.8) is 0 Å². The standard InChI is InChI=1S/C15H17NO4/c1-9(15(18)19)10(2)16-14(17)12-7-11-5-3-4-6-13(11)20-8-12/h3-7,9-10H,8H2,1-2H3,(H,16,17)(H,18,19). The monoisotopic (exact) mass is 275 g/mol. The average Bonchev–Trinajstić information content (AvgIpc) is 2.45. The van der Waals surface area contributed by atoms with E-state index in [4.69, 9.17) is 9.84 Å². The van der Waals surface area contributed by atoms with Crippen molar-refractivity contribution >= 4 is 18.0 Å². The first kappa shape index (κ1) is 14.1. The number of ether oxygens (including phenoxy) is 1. The SMILES string of the molecule is CC(NC(=O)C1=Cc2ccccc2OC1)C(C)C(=O)O. The van der Waals surface area contributed by atoms with Crippen molar-refractivity contribution in [3.8, 4) is 5.75 Å². The summed E-state index contributed by atoms with van der Waals surface area (Å²) in [5.41, 5.74) is 1.34. The fourth-order valence-electron chi connectivity index (χ4n) is 1.89. The Bertz CT molecular complexity index is 565. The molecule has 0 spiro atoms. The predicted molar refractivity (Wildman–Crippen MR) is 74.3 cm³/mol. The highest BCUT2D eigenvalue weighted by Crippen LogP contribution is 2.25. The van der Waals surface area contributed by atoms with Crippen LogP contribution in [0.4, 0.5) is 0 Å². The van der Waals surface area contributed by atoms with Crippen LogP contribution in [0.3, 0.4) is 0 Å². The summed E-state index contributed by atoms with van der Waals surface area (Å²) in [6.07, 6.45) is 1.77. The molecule has 2 unspecified atom stereocenters. The first-order valence-electron chi connectivity index (χ1n) is 6.45. The van der Waals surface area contributed by atoms with Crippen LogP contribution in [-0.4, -0.2) is 29.6 Å². The minimum Gasteiger partial charge on any atom is -0.488 e. The number of rotatable bonds is 4. The van der Waals surface area contributed by atoms with Crippen LogP contribution in [0, 0.1) is 5.92 Å². The van der Waals surface area contributed by atoms with Crippen LogP contribution in [0.1, 0.15) is 19.4 Å². The average molecular weight is 275 g/mol. The number of carbonyl (C=O) groups is 2. The molecule has 2 atom stereocenters. The molecular weight excluding hydrogens is 258 g/mol. The molecule has 1 aliphatic heterocycles. The molecule has 20 heavy (non-hydrogen) atoms. The van der Waals surface area contributed by atoms with Crippen LogP contribution in [0.25, 0.3) is 6.08 Å². The fraction of sp³-hybridized carbons (Fsp3) is 0.333. The van der Waals surface area contributed by atoms with Gasteiger partial charge in [0.05, 0.1) is 11.5 Å². The summed E-state index contributed by atoms with van der Waals surface area (Å²) in [5.74, 6) is -1.12. The molecule has 0 bridgehead atoms. The van der Waals surface area contributed by atoms with Crippen molar-refractivity contribution in [2.45, 2.75) is 19.9 Å². The number of carboxylic acid groups (broad SMARTS) is 1. The molecule has 5 heteroatoms. The Morgan fingerprint density at radius 2 is 2.00 bits per heavy atom. The molecule has 5 nitrogen and oxygen atoms in total. The van der Waals surface area contributed by atoms with Gasteiger partial charge in [0.15, 0.2) is 0 Å². The van der Waals surface area contributed by atoms with Crippen molar-refractivity contribution in [1.29, 1.82) is 0 Å². The maximum Gasteiger partial charge on any atom is 0.308 e. The highest BCUT2D eigenvalue weighted by atomic mass is 16.5. The van der Waals surface area contributed by atoms with E-state index in [0.29, 0.717) is 5.57 Å². The summed E-state index contributed by atoms with van der Waals surface area (Å²) in [5, 5.41) is 11.6. The number of carboxylic acids is 1. The smallest absolute Gasteiger partial charge is 0.308 e. The predicted octanol–water partition coefficient (Wildman–Crippen LogP) is 1.69. The van der Waals surface area contributed by atoms with E-state index in [9.17, 15) is 9.59 Å². The van der Waals surface area contributed by atoms with E-state index in [-0.39, 0.29) is 12.5 Å². The van der Waals surface area contributed by atoms with E-state index in [2.05, 4.69) is 5.32 Å². The number of hydrogen-bond acceptors (Lipinski definition) is 3. The Balaban J connectivity index is 2.08. The molecule has 2 rings (SSSR count). The molecule has 0 radical (unpaired) electrons. The number of nitrogens with one attached hydrogen (secondary N) is 1. The number of fused-ring (bicyclic) bond motifs is 1. The van der Waals surface area contributed by atoms with Gasteiger partial charge in [0.25, 0.3) is 5.91 Å². The quantitative estimate of drug-likeness (QED) is 0.876. The first-order valence-corrected chi connectivity index (χ1v) is 6.45. The maximum absolute atomic E-state index is 12.1. The van der Waals surface area contributed by atoms with Gasteiger partial charge >= 0.3 is 5.97 Å². The lowest BCUT2D eigenvalue weighted by atomic mass is 10.0. The van der Waals surface area contributed by atoms with E-state index in [1.807, 2.05) is 24.3 Å². The van der Waals surface area contributed by atoms with Gasteiger partial charge < -0.3 is 15.2 Å². The molecule has 106 valence electrons. The molecule has 0 saturated carbocycles. The number of para-hydroxylation sites is 1. The number of aliphatic carboxylic acids is 1. The second kappa shape index (κ2) is 5.77. The Kier molecular flexibility index (Phi) is 4.08. The third-order valence-electron chi connectivity index (χ3n) is 3.42. The van der Waals surface area contributed by atoms with Crippen LogP contribution >= 0.6 is 0 Å². The zero-order chi connectivity index (χ0) is 14.7. The number of benzene rings is 1. The van der Waals surface area contributed by atoms with Gasteiger partial charge in [-0.2, -0.15) is 0 Å². The molecule has 1 aromatic rings. The summed E-state index contributed by atoms with van der Waals surface area (Å²) >= 11 is 0. The van der Waals surface area contributed by atoms with Crippen LogP contribution in [0.15, 0.2) is 29.8 Å². The molecular formula is C15H17NO4. The van der Waals surface area contributed by atoms with E-state index in [1.54, 1.807) is 19.9 Å². The molecule has 1 aromatic carbocycles. The Morgan fingerprint density at radius 3 is 2.70 bits per heavy atom. The summed E-state index contributed by atoms with van der Waals surface area (Å²) in [7, 11) is 0. The van der Waals surface area contributed by atoms with Gasteiger partial charge in [0, 0.05) is 11.6 Å².